The molecule has 0 radical (unpaired) electrons. The zero-order valence-electron chi connectivity index (χ0n) is 14.4. The molecule has 1 aromatic rings. The number of ether oxygens (including phenoxy) is 1. The lowest BCUT2D eigenvalue weighted by Gasteiger charge is -2.35. The van der Waals surface area contributed by atoms with Crippen molar-refractivity contribution < 1.29 is 14.3 Å². The molecule has 3 heterocycles. The summed E-state index contributed by atoms with van der Waals surface area (Å²) in [5.41, 5.74) is 1.11. The molecule has 2 aliphatic rings. The Hall–Kier alpha value is -2.11. The Bertz CT molecular complexity index is 594. The topological polar surface area (TPSA) is 62.7 Å². The van der Waals surface area contributed by atoms with Gasteiger partial charge in [0.1, 0.15) is 12.1 Å². The number of pyridine rings is 1. The molecule has 24 heavy (non-hydrogen) atoms. The highest BCUT2D eigenvalue weighted by atomic mass is 16.5. The maximum atomic E-state index is 12.7. The van der Waals surface area contributed by atoms with Gasteiger partial charge in [-0.15, -0.1) is 0 Å². The van der Waals surface area contributed by atoms with E-state index in [1.807, 2.05) is 24.0 Å². The minimum atomic E-state index is -0.265. The molecule has 6 nitrogen and oxygen atoms in total. The molecule has 1 aromatic heterocycles. The molecule has 2 amide bonds. The maximum absolute atomic E-state index is 12.7. The highest BCUT2D eigenvalue weighted by molar-refractivity contribution is 5.87. The molecule has 0 bridgehead atoms. The summed E-state index contributed by atoms with van der Waals surface area (Å²) in [5.74, 6) is 0.730. The number of piperidine rings is 1. The van der Waals surface area contributed by atoms with E-state index in [4.69, 9.17) is 4.74 Å². The molecular formula is C18H25N3O3. The second kappa shape index (κ2) is 7.20. The predicted octanol–water partition coefficient (Wildman–Crippen LogP) is 1.77. The van der Waals surface area contributed by atoms with Crippen molar-refractivity contribution >= 4 is 11.8 Å². The summed E-state index contributed by atoms with van der Waals surface area (Å²) in [6, 6.07) is 3.60. The number of carbonyl (C=O) groups is 2. The molecule has 6 heteroatoms. The quantitative estimate of drug-likeness (QED) is 0.847. The van der Waals surface area contributed by atoms with Crippen molar-refractivity contribution in [1.82, 2.24) is 14.8 Å². The fourth-order valence-corrected chi connectivity index (χ4v) is 3.50. The van der Waals surface area contributed by atoms with Gasteiger partial charge >= 0.3 is 0 Å². The van der Waals surface area contributed by atoms with E-state index in [1.54, 1.807) is 18.0 Å². The lowest BCUT2D eigenvalue weighted by molar-refractivity contribution is -0.144. The van der Waals surface area contributed by atoms with Crippen molar-refractivity contribution in [2.24, 2.45) is 0 Å². The normalized spacial score (nSPS) is 21.8. The van der Waals surface area contributed by atoms with Crippen LogP contribution in [0.4, 0.5) is 0 Å². The van der Waals surface area contributed by atoms with Crippen LogP contribution in [0.2, 0.25) is 0 Å². The summed E-state index contributed by atoms with van der Waals surface area (Å²) in [6.45, 7) is 5.59. The van der Waals surface area contributed by atoms with Crippen LogP contribution in [-0.2, 0) is 9.59 Å². The number of nitrogens with zero attached hydrogens (tertiary/aromatic N) is 3. The van der Waals surface area contributed by atoms with Crippen molar-refractivity contribution in [2.75, 3.05) is 19.6 Å². The highest BCUT2D eigenvalue weighted by Gasteiger charge is 2.36. The lowest BCUT2D eigenvalue weighted by Crippen LogP contribution is -2.50. The molecule has 1 atom stereocenters. The number of hydrogen-bond donors (Lipinski definition) is 0. The van der Waals surface area contributed by atoms with Crippen molar-refractivity contribution in [2.45, 2.75) is 51.7 Å². The monoisotopic (exact) mass is 331 g/mol. The van der Waals surface area contributed by atoms with Gasteiger partial charge in [0.05, 0.1) is 0 Å². The Kier molecular flexibility index (Phi) is 5.02. The van der Waals surface area contributed by atoms with Crippen LogP contribution in [0.3, 0.4) is 0 Å². The number of hydrogen-bond acceptors (Lipinski definition) is 4. The molecule has 0 saturated carbocycles. The van der Waals surface area contributed by atoms with Crippen LogP contribution < -0.4 is 4.74 Å². The Labute approximate surface area is 142 Å². The van der Waals surface area contributed by atoms with Gasteiger partial charge in [-0.2, -0.15) is 0 Å². The van der Waals surface area contributed by atoms with Crippen LogP contribution in [-0.4, -0.2) is 58.4 Å². The number of rotatable bonds is 3. The molecule has 0 spiro atoms. The fraction of sp³-hybridized carbons (Fsp3) is 0.611. The van der Waals surface area contributed by atoms with E-state index in [0.29, 0.717) is 25.5 Å². The van der Waals surface area contributed by atoms with Crippen molar-refractivity contribution in [3.05, 3.63) is 23.9 Å². The number of aromatic nitrogens is 1. The molecule has 2 saturated heterocycles. The van der Waals surface area contributed by atoms with Gasteiger partial charge in [-0.05, 0) is 25.3 Å². The van der Waals surface area contributed by atoms with Gasteiger partial charge in [0.25, 0.3) is 0 Å². The molecule has 0 N–H and O–H groups in total. The summed E-state index contributed by atoms with van der Waals surface area (Å²) in [4.78, 5) is 32.2. The zero-order chi connectivity index (χ0) is 17.1. The standard InChI is InChI=1S/C18H25N3O3/c1-13-5-6-17(19-12-13)24-15-7-10-20(11-8-15)18(23)16-4-3-9-21(16)14(2)22/h5-6,12,15-16H,3-4,7-11H2,1-2H3/t16-/m0/s1. The molecule has 3 rings (SSSR count). The van der Waals surface area contributed by atoms with Gasteiger partial charge in [-0.1, -0.05) is 6.07 Å². The smallest absolute Gasteiger partial charge is 0.245 e. The average molecular weight is 331 g/mol. The first-order valence-corrected chi connectivity index (χ1v) is 8.70. The van der Waals surface area contributed by atoms with Crippen LogP contribution in [0.25, 0.3) is 0 Å². The second-order valence-electron chi connectivity index (χ2n) is 6.69. The van der Waals surface area contributed by atoms with Gasteiger partial charge in [0.2, 0.25) is 17.7 Å². The van der Waals surface area contributed by atoms with Gasteiger partial charge in [0.15, 0.2) is 0 Å². The summed E-state index contributed by atoms with van der Waals surface area (Å²) < 4.78 is 5.91. The Morgan fingerprint density at radius 1 is 1.17 bits per heavy atom. The van der Waals surface area contributed by atoms with Crippen LogP contribution in [0.1, 0.15) is 38.2 Å². The first kappa shape index (κ1) is 16.7. The third-order valence-electron chi connectivity index (χ3n) is 4.87. The van der Waals surface area contributed by atoms with Crippen LogP contribution in [0, 0.1) is 6.92 Å². The van der Waals surface area contributed by atoms with Gasteiger partial charge in [-0.3, -0.25) is 9.59 Å². The third-order valence-corrected chi connectivity index (χ3v) is 4.87. The molecular weight excluding hydrogens is 306 g/mol. The molecule has 0 aromatic carbocycles. The van der Waals surface area contributed by atoms with Crippen molar-refractivity contribution in [3.63, 3.8) is 0 Å². The largest absolute Gasteiger partial charge is 0.474 e. The first-order chi connectivity index (χ1) is 11.5. The number of likely N-dealkylation sites (tertiary alicyclic amines) is 2. The summed E-state index contributed by atoms with van der Waals surface area (Å²) in [5, 5.41) is 0. The van der Waals surface area contributed by atoms with E-state index < -0.39 is 0 Å². The average Bonchev–Trinajstić information content (AvgIpc) is 3.07. The first-order valence-electron chi connectivity index (χ1n) is 8.70. The van der Waals surface area contributed by atoms with Crippen molar-refractivity contribution in [1.29, 1.82) is 0 Å². The Morgan fingerprint density at radius 2 is 1.92 bits per heavy atom. The van der Waals surface area contributed by atoms with Gasteiger partial charge in [-0.25, -0.2) is 4.98 Å². The van der Waals surface area contributed by atoms with Gasteiger partial charge < -0.3 is 14.5 Å². The third kappa shape index (κ3) is 3.68. The number of amides is 2. The molecule has 0 aliphatic carbocycles. The number of aryl methyl sites for hydroxylation is 1. The highest BCUT2D eigenvalue weighted by Crippen LogP contribution is 2.23. The summed E-state index contributed by atoms with van der Waals surface area (Å²) in [6.07, 6.45) is 5.18. The van der Waals surface area contributed by atoms with Gasteiger partial charge in [0, 0.05) is 51.7 Å². The molecule has 0 unspecified atom stereocenters. The van der Waals surface area contributed by atoms with Crippen LogP contribution in [0.15, 0.2) is 18.3 Å². The van der Waals surface area contributed by atoms with E-state index in [9.17, 15) is 9.59 Å². The minimum absolute atomic E-state index is 0.00508. The Balaban J connectivity index is 1.52. The van der Waals surface area contributed by atoms with E-state index in [1.165, 1.54) is 0 Å². The zero-order valence-corrected chi connectivity index (χ0v) is 14.4. The van der Waals surface area contributed by atoms with Crippen LogP contribution in [0.5, 0.6) is 5.88 Å². The van der Waals surface area contributed by atoms with E-state index in [2.05, 4.69) is 4.98 Å². The SMILES string of the molecule is CC(=O)N1CCC[C@H]1C(=O)N1CCC(Oc2ccc(C)cn2)CC1. The molecule has 2 fully saturated rings. The maximum Gasteiger partial charge on any atom is 0.245 e. The fourth-order valence-electron chi connectivity index (χ4n) is 3.50. The van der Waals surface area contributed by atoms with Crippen molar-refractivity contribution in [3.8, 4) is 5.88 Å². The molecule has 2 aliphatic heterocycles. The number of carbonyl (C=O) groups excluding carboxylic acids is 2. The molecule has 130 valence electrons. The summed E-state index contributed by atoms with van der Waals surface area (Å²) >= 11 is 0. The van der Waals surface area contributed by atoms with Crippen LogP contribution >= 0.6 is 0 Å². The van der Waals surface area contributed by atoms with E-state index in [0.717, 1.165) is 31.2 Å². The minimum Gasteiger partial charge on any atom is -0.474 e. The predicted molar refractivity (Wildman–Crippen MR) is 89.6 cm³/mol. The lowest BCUT2D eigenvalue weighted by atomic mass is 10.1. The van der Waals surface area contributed by atoms with E-state index >= 15 is 0 Å². The summed E-state index contributed by atoms with van der Waals surface area (Å²) in [7, 11) is 0. The van der Waals surface area contributed by atoms with E-state index in [-0.39, 0.29) is 24.0 Å². The second-order valence-corrected chi connectivity index (χ2v) is 6.69. The Morgan fingerprint density at radius 3 is 2.54 bits per heavy atom.